The lowest BCUT2D eigenvalue weighted by Crippen LogP contribution is -2.11. The Kier molecular flexibility index (Phi) is 8.10. The van der Waals surface area contributed by atoms with Crippen LogP contribution in [0.1, 0.15) is 61.1 Å². The van der Waals surface area contributed by atoms with E-state index < -0.39 is 13.3 Å². The largest absolute Gasteiger partial charge is 0.374 e. The highest BCUT2D eigenvalue weighted by Crippen LogP contribution is 2.29. The van der Waals surface area contributed by atoms with Crippen LogP contribution in [0, 0.1) is 0 Å². The second-order valence-corrected chi connectivity index (χ2v) is 9.47. The van der Waals surface area contributed by atoms with Crippen LogP contribution < -0.4 is 0 Å². The van der Waals surface area contributed by atoms with Gasteiger partial charge in [0.15, 0.2) is 0 Å². The van der Waals surface area contributed by atoms with Crippen LogP contribution in [0.2, 0.25) is 0 Å². The molecule has 0 saturated heterocycles. The first kappa shape index (κ1) is 26.0. The summed E-state index contributed by atoms with van der Waals surface area (Å²) in [6.07, 6.45) is 6.18. The van der Waals surface area contributed by atoms with Gasteiger partial charge in [-0.05, 0) is 87.4 Å². The Morgan fingerprint density at radius 3 is 2.11 bits per heavy atom. The average Bonchev–Trinajstić information content (AvgIpc) is 3.68. The van der Waals surface area contributed by atoms with Crippen LogP contribution >= 0.6 is 0 Å². The molecule has 2 aliphatic heterocycles. The first-order chi connectivity index (χ1) is 18.5. The molecule has 2 atom stereocenters. The van der Waals surface area contributed by atoms with Gasteiger partial charge in [0.05, 0.1) is 48.3 Å². The molecule has 0 fully saturated rings. The first-order valence-electron chi connectivity index (χ1n) is 13.0. The summed E-state index contributed by atoms with van der Waals surface area (Å²) in [5.41, 5.74) is 8.69. The molecular weight excluding hydrogens is 486 g/mol. The van der Waals surface area contributed by atoms with Crippen LogP contribution in [-0.4, -0.2) is 52.6 Å². The van der Waals surface area contributed by atoms with E-state index in [1.807, 2.05) is 74.5 Å². The van der Waals surface area contributed by atoms with Gasteiger partial charge in [0, 0.05) is 46.4 Å². The van der Waals surface area contributed by atoms with Crippen LogP contribution in [-0.2, 0) is 9.47 Å². The second-order valence-electron chi connectivity index (χ2n) is 9.47. The van der Waals surface area contributed by atoms with Crippen molar-refractivity contribution in [1.82, 2.24) is 19.9 Å². The summed E-state index contributed by atoms with van der Waals surface area (Å²) in [7, 11) is 0. The van der Waals surface area contributed by atoms with Gasteiger partial charge in [-0.3, -0.25) is 8.78 Å². The summed E-state index contributed by atoms with van der Waals surface area (Å²) in [6.45, 7) is 3.78. The number of halogens is 2. The van der Waals surface area contributed by atoms with Gasteiger partial charge in [-0.2, -0.15) is 0 Å². The van der Waals surface area contributed by atoms with Crippen LogP contribution in [0.15, 0.2) is 42.5 Å². The maximum atomic E-state index is 12.7. The van der Waals surface area contributed by atoms with E-state index in [4.69, 9.17) is 19.4 Å². The molecule has 6 nitrogen and oxygen atoms in total. The van der Waals surface area contributed by atoms with Crippen molar-refractivity contribution in [3.63, 3.8) is 0 Å². The molecule has 3 aromatic heterocycles. The van der Waals surface area contributed by atoms with Gasteiger partial charge >= 0.3 is 0 Å². The fourth-order valence-electron chi connectivity index (χ4n) is 4.60. The third-order valence-corrected chi connectivity index (χ3v) is 6.52. The molecule has 38 heavy (non-hydrogen) atoms. The van der Waals surface area contributed by atoms with E-state index in [0.717, 1.165) is 56.0 Å². The summed E-state index contributed by atoms with van der Waals surface area (Å²) in [6, 6.07) is 14.0. The molecule has 8 bridgehead atoms. The van der Waals surface area contributed by atoms with Crippen LogP contribution in [0.25, 0.3) is 45.9 Å². The molecule has 0 saturated carbocycles. The molecule has 2 unspecified atom stereocenters. The molecule has 0 spiro atoms. The number of nitrogens with one attached hydrogen (secondary N) is 2. The highest BCUT2D eigenvalue weighted by atomic mass is 19.1. The van der Waals surface area contributed by atoms with Crippen LogP contribution in [0.5, 0.6) is 0 Å². The minimum Gasteiger partial charge on any atom is -0.374 e. The van der Waals surface area contributed by atoms with Gasteiger partial charge in [0.2, 0.25) is 0 Å². The van der Waals surface area contributed by atoms with E-state index >= 15 is 0 Å². The van der Waals surface area contributed by atoms with Crippen molar-refractivity contribution in [3.05, 3.63) is 70.8 Å². The Morgan fingerprint density at radius 1 is 0.737 bits per heavy atom. The molecule has 198 valence electrons. The van der Waals surface area contributed by atoms with E-state index in [9.17, 15) is 8.78 Å². The molecule has 0 amide bonds. The van der Waals surface area contributed by atoms with E-state index in [1.54, 1.807) is 0 Å². The normalized spacial score (nSPS) is 14.5. The smallest absolute Gasteiger partial charge is 0.0916 e. The zero-order valence-corrected chi connectivity index (χ0v) is 21.6. The van der Waals surface area contributed by atoms with Crippen molar-refractivity contribution in [2.45, 2.75) is 38.9 Å². The second kappa shape index (κ2) is 11.8. The number of H-pyrrole nitrogens is 2. The third-order valence-electron chi connectivity index (χ3n) is 6.52. The molecule has 3 aromatic rings. The molecular formula is C30H32F2N4O2. The van der Waals surface area contributed by atoms with E-state index in [1.165, 1.54) is 0 Å². The molecule has 0 radical (unpaired) electrons. The van der Waals surface area contributed by atoms with Crippen LogP contribution in [0.4, 0.5) is 8.78 Å². The molecule has 5 heterocycles. The summed E-state index contributed by atoms with van der Waals surface area (Å²) < 4.78 is 37.2. The molecule has 0 aromatic carbocycles. The highest BCUT2D eigenvalue weighted by molar-refractivity contribution is 5.87. The lowest BCUT2D eigenvalue weighted by molar-refractivity contribution is 0.0619. The van der Waals surface area contributed by atoms with Gasteiger partial charge < -0.3 is 19.4 Å². The number of ether oxygens (including phenoxy) is 2. The monoisotopic (exact) mass is 518 g/mol. The maximum Gasteiger partial charge on any atom is 0.0916 e. The Hall–Kier alpha value is -3.62. The summed E-state index contributed by atoms with van der Waals surface area (Å²) in [5.74, 6) is 0. The lowest BCUT2D eigenvalue weighted by atomic mass is 10.1. The fraction of sp³-hybridized carbons (Fsp3) is 0.333. The first-order valence-corrected chi connectivity index (χ1v) is 13.0. The zero-order valence-electron chi connectivity index (χ0n) is 21.6. The minimum absolute atomic E-state index is 0.245. The van der Waals surface area contributed by atoms with Crippen molar-refractivity contribution < 1.29 is 18.3 Å². The number of fused-ring (bicyclic) bond motifs is 8. The van der Waals surface area contributed by atoms with Gasteiger partial charge in [-0.15, -0.1) is 0 Å². The number of alkyl halides is 2. The summed E-state index contributed by atoms with van der Waals surface area (Å²) in [5, 5.41) is 0. The third kappa shape index (κ3) is 6.09. The Balaban J connectivity index is 1.68. The molecule has 2 N–H and O–H groups in total. The zero-order chi connectivity index (χ0) is 26.5. The number of hydrogen-bond acceptors (Lipinski definition) is 4. The number of aromatic nitrogens is 4. The van der Waals surface area contributed by atoms with Gasteiger partial charge in [0.25, 0.3) is 0 Å². The SMILES string of the molecule is CC(OCCCF)C1=Cc2cc3[nH]c(cc4nc(cc5ccc(cc1n2)[nH]5)C=C4)cc3C(C)OCCCF. The molecule has 8 heteroatoms. The van der Waals surface area contributed by atoms with Crippen molar-refractivity contribution >= 4 is 45.9 Å². The Morgan fingerprint density at radius 2 is 1.39 bits per heavy atom. The van der Waals surface area contributed by atoms with Gasteiger partial charge in [-0.1, -0.05) is 0 Å². The summed E-state index contributed by atoms with van der Waals surface area (Å²) >= 11 is 0. The fourth-order valence-corrected chi connectivity index (χ4v) is 4.60. The topological polar surface area (TPSA) is 75.8 Å². The Labute approximate surface area is 220 Å². The number of hydrogen-bond donors (Lipinski definition) is 2. The van der Waals surface area contributed by atoms with E-state index in [0.29, 0.717) is 26.1 Å². The van der Waals surface area contributed by atoms with Crippen molar-refractivity contribution in [1.29, 1.82) is 0 Å². The average molecular weight is 519 g/mol. The predicted octanol–water partition coefficient (Wildman–Crippen LogP) is 7.23. The van der Waals surface area contributed by atoms with Crippen molar-refractivity contribution in [3.8, 4) is 0 Å². The predicted molar refractivity (Wildman–Crippen MR) is 149 cm³/mol. The standard InChI is InChI=1S/C30H32F2N4O2/c1-19(37-11-3-9-31)27-15-25-14-23-6-5-21(33-23)13-22-7-8-24(34-22)17-29-28(20(2)38-12-4-10-32)16-26(36-29)18-30(27)35-25/h5-8,13-20,34-35H,3-4,9-12H2,1-2H3. The van der Waals surface area contributed by atoms with E-state index in [2.05, 4.69) is 9.97 Å². The number of rotatable bonds is 10. The maximum absolute atomic E-state index is 12.7. The highest BCUT2D eigenvalue weighted by Gasteiger charge is 2.19. The van der Waals surface area contributed by atoms with Gasteiger partial charge in [-0.25, -0.2) is 9.97 Å². The number of nitrogens with zero attached hydrogens (tertiary/aromatic N) is 2. The van der Waals surface area contributed by atoms with Crippen molar-refractivity contribution in [2.75, 3.05) is 26.6 Å². The minimum atomic E-state index is -0.411. The molecule has 5 rings (SSSR count). The summed E-state index contributed by atoms with van der Waals surface area (Å²) in [4.78, 5) is 16.5. The quantitative estimate of drug-likeness (QED) is 0.217. The molecule has 2 aliphatic rings. The van der Waals surface area contributed by atoms with Crippen molar-refractivity contribution in [2.24, 2.45) is 0 Å². The van der Waals surface area contributed by atoms with Gasteiger partial charge in [0.1, 0.15) is 0 Å². The van der Waals surface area contributed by atoms with Crippen LogP contribution in [0.3, 0.4) is 0 Å². The number of aromatic amines is 2. The van der Waals surface area contributed by atoms with E-state index in [-0.39, 0.29) is 12.2 Å². The Bertz CT molecular complexity index is 1500. The molecule has 0 aliphatic carbocycles. The lowest BCUT2D eigenvalue weighted by Gasteiger charge is -2.13.